The average molecular weight is 992 g/mol. The first-order valence-corrected chi connectivity index (χ1v) is 21.3. The summed E-state index contributed by atoms with van der Waals surface area (Å²) in [5, 5.41) is 0. The molecule has 0 fully saturated rings. The van der Waals surface area contributed by atoms with Gasteiger partial charge >= 0.3 is 0 Å². The van der Waals surface area contributed by atoms with Crippen molar-refractivity contribution in [1.29, 1.82) is 0 Å². The van der Waals surface area contributed by atoms with Crippen LogP contribution >= 0.6 is 0 Å². The fraction of sp³-hybridized carbons (Fsp3) is 0.218. The number of benzene rings is 6. The summed E-state index contributed by atoms with van der Waals surface area (Å²) in [5.41, 5.74) is 13.5. The van der Waals surface area contributed by atoms with E-state index in [-0.39, 0.29) is 21.1 Å². The molecule has 0 N–H and O–H groups in total. The third-order valence-corrected chi connectivity index (χ3v) is 12.8. The average Bonchev–Trinajstić information content (AvgIpc) is 4.06. The molecule has 0 aliphatic rings. The third-order valence-electron chi connectivity index (χ3n) is 12.8. The van der Waals surface area contributed by atoms with Gasteiger partial charge in [0.2, 0.25) is 0 Å². The summed E-state index contributed by atoms with van der Waals surface area (Å²) >= 11 is 0. The van der Waals surface area contributed by atoms with E-state index in [1.807, 2.05) is 18.6 Å². The molecule has 0 saturated heterocycles. The predicted molar refractivity (Wildman–Crippen MR) is 248 cm³/mol. The zero-order valence-corrected chi connectivity index (χ0v) is 38.9. The van der Waals surface area contributed by atoms with Crippen molar-refractivity contribution in [2.45, 2.75) is 78.1 Å². The van der Waals surface area contributed by atoms with E-state index < -0.39 is 10.8 Å². The third kappa shape index (κ3) is 7.39. The van der Waals surface area contributed by atoms with Crippen molar-refractivity contribution in [1.82, 2.24) is 24.1 Å². The van der Waals surface area contributed by atoms with Crippen LogP contribution in [0.4, 0.5) is 0 Å². The molecule has 7 heteroatoms. The number of rotatable bonds is 11. The van der Waals surface area contributed by atoms with E-state index >= 15 is 0 Å². The summed E-state index contributed by atoms with van der Waals surface area (Å²) in [4.78, 5) is 15.0. The van der Waals surface area contributed by atoms with Crippen LogP contribution < -0.4 is 9.55 Å². The molecule has 0 spiro atoms. The molecular formula is C55H52N6Pt-2. The molecule has 9 aromatic rings. The summed E-state index contributed by atoms with van der Waals surface area (Å²) in [6.45, 7) is 18.1. The minimum atomic E-state index is -0.439. The van der Waals surface area contributed by atoms with E-state index in [1.54, 1.807) is 0 Å². The SMILES string of the molecule is CC(C)c1cccc(C(C)C)c1-n1ccnc1-c1ncc(C(C)(C)C(C)(C)c2[c-]c(-[n+]3[c-]n(-c4c(-c5ccccc5)cccc4-c4ccccc4)c4ccccc43)ccc2)[n-]1.[Pt]. The van der Waals surface area contributed by atoms with Gasteiger partial charge in [0.25, 0.3) is 6.33 Å². The van der Waals surface area contributed by atoms with Gasteiger partial charge in [-0.25, -0.2) is 4.98 Å². The van der Waals surface area contributed by atoms with E-state index in [4.69, 9.17) is 15.0 Å². The van der Waals surface area contributed by atoms with E-state index in [9.17, 15) is 0 Å². The topological polar surface area (TPSA) is 53.6 Å². The molecular weight excluding hydrogens is 940 g/mol. The van der Waals surface area contributed by atoms with Crippen LogP contribution in [-0.4, -0.2) is 19.1 Å². The Balaban J connectivity index is 0.00000529. The maximum Gasteiger partial charge on any atom is 0.268 e. The first-order valence-electron chi connectivity index (χ1n) is 21.3. The number of aromatic nitrogens is 6. The largest absolute Gasteiger partial charge is 0.440 e. The van der Waals surface area contributed by atoms with Gasteiger partial charge in [-0.1, -0.05) is 189 Å². The van der Waals surface area contributed by atoms with Crippen molar-refractivity contribution in [3.63, 3.8) is 0 Å². The molecule has 9 rings (SSSR count). The summed E-state index contributed by atoms with van der Waals surface area (Å²) in [7, 11) is 0. The monoisotopic (exact) mass is 991 g/mol. The molecule has 0 aliphatic carbocycles. The maximum atomic E-state index is 5.25. The first kappa shape index (κ1) is 42.6. The van der Waals surface area contributed by atoms with Gasteiger partial charge in [-0.2, -0.15) is 29.8 Å². The number of hydrogen-bond donors (Lipinski definition) is 0. The van der Waals surface area contributed by atoms with Gasteiger partial charge in [0.05, 0.1) is 22.4 Å². The fourth-order valence-electron chi connectivity index (χ4n) is 8.64. The Hall–Kier alpha value is -6.10. The van der Waals surface area contributed by atoms with Crippen LogP contribution in [-0.2, 0) is 31.9 Å². The van der Waals surface area contributed by atoms with E-state index in [0.29, 0.717) is 17.7 Å². The van der Waals surface area contributed by atoms with E-state index in [0.717, 1.165) is 61.7 Å². The quantitative estimate of drug-likeness (QED) is 0.0958. The normalized spacial score (nSPS) is 12.0. The molecule has 0 atom stereocenters. The number of fused-ring (bicyclic) bond motifs is 1. The maximum absolute atomic E-state index is 5.25. The van der Waals surface area contributed by atoms with Crippen molar-refractivity contribution in [2.24, 2.45) is 0 Å². The van der Waals surface area contributed by atoms with E-state index in [1.165, 1.54) is 16.8 Å². The van der Waals surface area contributed by atoms with Gasteiger partial charge in [-0.3, -0.25) is 9.13 Å². The molecule has 0 saturated carbocycles. The zero-order valence-electron chi connectivity index (χ0n) is 36.7. The molecule has 62 heavy (non-hydrogen) atoms. The van der Waals surface area contributed by atoms with Crippen molar-refractivity contribution in [3.8, 4) is 51.0 Å². The van der Waals surface area contributed by atoms with Crippen molar-refractivity contribution in [3.05, 3.63) is 193 Å². The Bertz CT molecular complexity index is 2900. The zero-order chi connectivity index (χ0) is 42.5. The molecule has 6 aromatic carbocycles. The van der Waals surface area contributed by atoms with Gasteiger partial charge in [0.1, 0.15) is 5.82 Å². The molecule has 0 radical (unpaired) electrons. The van der Waals surface area contributed by atoms with Crippen molar-refractivity contribution < 1.29 is 25.6 Å². The minimum absolute atomic E-state index is 0. The summed E-state index contributed by atoms with van der Waals surface area (Å²) in [6, 6.07) is 53.3. The van der Waals surface area contributed by atoms with Crippen LogP contribution in [0.25, 0.3) is 62.0 Å². The standard InChI is InChI=1S/C55H52N6.Pt/c1-37(2)43-26-18-27-44(38(3)4)50(43)59-33-32-56-53(59)52-57-35-49(58-52)55(7,8)54(5,6)41-24-17-25-42(34-41)60-36-61(48-31-16-15-30-47(48)60)51-45(39-20-11-9-12-21-39)28-19-29-46(51)40-22-13-10-14-23-40;/h9-33,35,37-38H,1-8H3;/q-2;. The van der Waals surface area contributed by atoms with Gasteiger partial charge in [-0.15, -0.1) is 0 Å². The minimum Gasteiger partial charge on any atom is -0.440 e. The van der Waals surface area contributed by atoms with E-state index in [2.05, 4.69) is 221 Å². The Morgan fingerprint density at radius 1 is 0.613 bits per heavy atom. The Morgan fingerprint density at radius 3 is 1.82 bits per heavy atom. The predicted octanol–water partition coefficient (Wildman–Crippen LogP) is 12.5. The summed E-state index contributed by atoms with van der Waals surface area (Å²) < 4.78 is 6.56. The first-order chi connectivity index (χ1) is 29.5. The number of nitrogens with zero attached hydrogens (tertiary/aromatic N) is 6. The van der Waals surface area contributed by atoms with Crippen LogP contribution in [0.15, 0.2) is 158 Å². The Kier molecular flexibility index (Phi) is 11.7. The van der Waals surface area contributed by atoms with Crippen molar-refractivity contribution >= 4 is 11.0 Å². The molecule has 3 aromatic heterocycles. The van der Waals surface area contributed by atoms with Gasteiger partial charge in [0.15, 0.2) is 0 Å². The summed E-state index contributed by atoms with van der Waals surface area (Å²) in [5.74, 6) is 2.06. The molecule has 6 nitrogen and oxygen atoms in total. The Morgan fingerprint density at radius 2 is 1.19 bits per heavy atom. The molecule has 0 bridgehead atoms. The van der Waals surface area contributed by atoms with Crippen LogP contribution in [0.1, 0.15) is 89.6 Å². The smallest absolute Gasteiger partial charge is 0.268 e. The molecule has 0 amide bonds. The second-order valence-corrected chi connectivity index (χ2v) is 17.7. The van der Waals surface area contributed by atoms with Crippen molar-refractivity contribution in [2.75, 3.05) is 0 Å². The van der Waals surface area contributed by atoms with Crippen LogP contribution in [0.3, 0.4) is 0 Å². The van der Waals surface area contributed by atoms with Crippen LogP contribution in [0, 0.1) is 12.4 Å². The fourth-order valence-corrected chi connectivity index (χ4v) is 8.64. The van der Waals surface area contributed by atoms with Gasteiger partial charge in [0, 0.05) is 33.5 Å². The van der Waals surface area contributed by atoms with Crippen LogP contribution in [0.5, 0.6) is 0 Å². The second kappa shape index (κ2) is 17.0. The van der Waals surface area contributed by atoms with Gasteiger partial charge < -0.3 is 14.5 Å². The Labute approximate surface area is 380 Å². The number of imidazole rings is 3. The molecule has 0 unspecified atom stereocenters. The molecule has 3 heterocycles. The molecule has 0 aliphatic heterocycles. The summed E-state index contributed by atoms with van der Waals surface area (Å²) in [6.07, 6.45) is 9.66. The second-order valence-electron chi connectivity index (χ2n) is 17.7. The van der Waals surface area contributed by atoms with Gasteiger partial charge in [-0.05, 0) is 67.6 Å². The number of para-hydroxylation sites is 4. The number of hydrogen-bond acceptors (Lipinski definition) is 2. The van der Waals surface area contributed by atoms with Crippen LogP contribution in [0.2, 0.25) is 0 Å². The molecule has 314 valence electrons.